The van der Waals surface area contributed by atoms with E-state index in [1.54, 1.807) is 11.6 Å². The molecule has 3 rings (SSSR count). The second-order valence-corrected chi connectivity index (χ2v) is 6.49. The van der Waals surface area contributed by atoms with Gasteiger partial charge in [-0.15, -0.1) is 0 Å². The fourth-order valence-corrected chi connectivity index (χ4v) is 4.17. The molecule has 0 saturated heterocycles. The van der Waals surface area contributed by atoms with Gasteiger partial charge in [0.2, 0.25) is 0 Å². The van der Waals surface area contributed by atoms with Gasteiger partial charge in [0.15, 0.2) is 0 Å². The fraction of sp³-hybridized carbons (Fsp3) is 0.733. The lowest BCUT2D eigenvalue weighted by molar-refractivity contribution is -0.0886. The predicted octanol–water partition coefficient (Wildman–Crippen LogP) is 3.68. The maximum Gasteiger partial charge on any atom is 0.455 e. The number of Topliss-reactive ketones (excluding diaryl/α,β-unsaturated/α-hetero) is 1. The number of aryl methyl sites for hydroxylation is 1. The van der Waals surface area contributed by atoms with Crippen molar-refractivity contribution in [2.24, 2.45) is 17.8 Å². The third kappa shape index (κ3) is 2.49. The van der Waals surface area contributed by atoms with Crippen LogP contribution in [-0.2, 0) is 6.54 Å². The van der Waals surface area contributed by atoms with Gasteiger partial charge in [0.25, 0.3) is 5.78 Å². The van der Waals surface area contributed by atoms with Gasteiger partial charge in [0.05, 0.1) is 11.3 Å². The fourth-order valence-electron chi connectivity index (χ4n) is 4.17. The van der Waals surface area contributed by atoms with Crippen LogP contribution in [0.2, 0.25) is 0 Å². The Labute approximate surface area is 121 Å². The molecule has 1 aromatic rings. The topological polar surface area (TPSA) is 34.9 Å². The third-order valence-corrected chi connectivity index (χ3v) is 5.16. The lowest BCUT2D eigenvalue weighted by Gasteiger charge is -2.22. The van der Waals surface area contributed by atoms with Crippen LogP contribution >= 0.6 is 0 Å². The molecule has 0 N–H and O–H groups in total. The van der Waals surface area contributed by atoms with Gasteiger partial charge in [-0.25, -0.2) is 0 Å². The summed E-state index contributed by atoms with van der Waals surface area (Å²) in [5, 5.41) is 4.19. The molecule has 2 aliphatic carbocycles. The maximum atomic E-state index is 12.6. The van der Waals surface area contributed by atoms with E-state index in [9.17, 15) is 18.0 Å². The Bertz CT molecular complexity index is 576. The molecule has 2 saturated carbocycles. The zero-order valence-corrected chi connectivity index (χ0v) is 12.2. The van der Waals surface area contributed by atoms with Gasteiger partial charge >= 0.3 is 6.18 Å². The molecule has 116 valence electrons. The van der Waals surface area contributed by atoms with E-state index in [0.29, 0.717) is 24.1 Å². The minimum absolute atomic E-state index is 0.179. The molecular formula is C15H19F3N2O. The standard InChI is InChI=1S/C15H19F3N2O/c1-8-13(14(21)15(16,17)18)9(2)20(19-8)7-12-6-10-3-4-11(12)5-10/h10-12H,3-7H2,1-2H3. The summed E-state index contributed by atoms with van der Waals surface area (Å²) < 4.78 is 39.5. The van der Waals surface area contributed by atoms with E-state index in [0.717, 1.165) is 12.3 Å². The highest BCUT2D eigenvalue weighted by atomic mass is 19.4. The van der Waals surface area contributed by atoms with Crippen molar-refractivity contribution in [3.63, 3.8) is 0 Å². The first-order chi connectivity index (χ1) is 9.77. The van der Waals surface area contributed by atoms with Gasteiger partial charge in [-0.1, -0.05) is 6.42 Å². The summed E-state index contributed by atoms with van der Waals surface area (Å²) in [7, 11) is 0. The maximum absolute atomic E-state index is 12.6. The SMILES string of the molecule is Cc1nn(CC2CC3CCC2C3)c(C)c1C(=O)C(F)(F)F. The molecule has 1 heterocycles. The molecule has 0 spiro atoms. The van der Waals surface area contributed by atoms with Gasteiger partial charge in [0, 0.05) is 12.2 Å². The van der Waals surface area contributed by atoms with Crippen molar-refractivity contribution >= 4 is 5.78 Å². The largest absolute Gasteiger partial charge is 0.455 e. The number of alkyl halides is 3. The van der Waals surface area contributed by atoms with Crippen molar-refractivity contribution in [1.82, 2.24) is 9.78 Å². The van der Waals surface area contributed by atoms with E-state index in [2.05, 4.69) is 5.10 Å². The molecule has 3 atom stereocenters. The number of carbonyl (C=O) groups excluding carboxylic acids is 1. The van der Waals surface area contributed by atoms with Gasteiger partial charge in [-0.3, -0.25) is 9.48 Å². The van der Waals surface area contributed by atoms with Crippen LogP contribution < -0.4 is 0 Å². The van der Waals surface area contributed by atoms with Crippen LogP contribution in [-0.4, -0.2) is 21.7 Å². The number of hydrogen-bond acceptors (Lipinski definition) is 2. The number of ketones is 1. The molecule has 6 heteroatoms. The van der Waals surface area contributed by atoms with Crippen LogP contribution in [0.5, 0.6) is 0 Å². The van der Waals surface area contributed by atoms with E-state index in [4.69, 9.17) is 0 Å². The molecule has 3 unspecified atom stereocenters. The highest BCUT2D eigenvalue weighted by Crippen LogP contribution is 2.48. The molecule has 2 fully saturated rings. The molecule has 3 nitrogen and oxygen atoms in total. The minimum atomic E-state index is -4.84. The smallest absolute Gasteiger partial charge is 0.284 e. The van der Waals surface area contributed by atoms with E-state index in [-0.39, 0.29) is 11.3 Å². The van der Waals surface area contributed by atoms with Crippen LogP contribution in [0.15, 0.2) is 0 Å². The van der Waals surface area contributed by atoms with E-state index in [1.165, 1.54) is 26.2 Å². The first kappa shape index (κ1) is 14.6. The molecule has 0 amide bonds. The summed E-state index contributed by atoms with van der Waals surface area (Å²) >= 11 is 0. The number of carbonyl (C=O) groups is 1. The van der Waals surface area contributed by atoms with Crippen LogP contribution in [0.25, 0.3) is 0 Å². The number of fused-ring (bicyclic) bond motifs is 2. The van der Waals surface area contributed by atoms with Crippen molar-refractivity contribution < 1.29 is 18.0 Å². The molecular weight excluding hydrogens is 281 g/mol. The highest BCUT2D eigenvalue weighted by Gasteiger charge is 2.43. The van der Waals surface area contributed by atoms with Gasteiger partial charge < -0.3 is 0 Å². The second kappa shape index (κ2) is 4.85. The van der Waals surface area contributed by atoms with E-state index >= 15 is 0 Å². The normalized spacial score (nSPS) is 28.3. The van der Waals surface area contributed by atoms with Gasteiger partial charge in [-0.05, 0) is 50.9 Å². The molecule has 2 aliphatic rings. The molecule has 21 heavy (non-hydrogen) atoms. The third-order valence-electron chi connectivity index (χ3n) is 5.16. The Morgan fingerprint density at radius 1 is 1.29 bits per heavy atom. The molecule has 1 aromatic heterocycles. The van der Waals surface area contributed by atoms with Crippen molar-refractivity contribution in [3.05, 3.63) is 17.0 Å². The van der Waals surface area contributed by atoms with Crippen LogP contribution in [0.1, 0.15) is 47.4 Å². The molecule has 0 aromatic carbocycles. The average Bonchev–Trinajstić information content (AvgIpc) is 3.04. The Balaban J connectivity index is 1.83. The van der Waals surface area contributed by atoms with Crippen molar-refractivity contribution in [1.29, 1.82) is 0 Å². The average molecular weight is 300 g/mol. The number of halogens is 3. The molecule has 2 bridgehead atoms. The predicted molar refractivity (Wildman–Crippen MR) is 71.0 cm³/mol. The molecule has 0 radical (unpaired) electrons. The van der Waals surface area contributed by atoms with Crippen LogP contribution in [0, 0.1) is 31.6 Å². The summed E-state index contributed by atoms with van der Waals surface area (Å²) in [5.41, 5.74) is 0.251. The van der Waals surface area contributed by atoms with E-state index < -0.39 is 12.0 Å². The van der Waals surface area contributed by atoms with Crippen LogP contribution in [0.4, 0.5) is 13.2 Å². The zero-order valence-electron chi connectivity index (χ0n) is 12.2. The monoisotopic (exact) mass is 300 g/mol. The van der Waals surface area contributed by atoms with Gasteiger partial charge in [-0.2, -0.15) is 18.3 Å². The zero-order chi connectivity index (χ0) is 15.4. The number of hydrogen-bond donors (Lipinski definition) is 0. The Morgan fingerprint density at radius 3 is 2.52 bits per heavy atom. The second-order valence-electron chi connectivity index (χ2n) is 6.49. The summed E-state index contributed by atoms with van der Waals surface area (Å²) in [5.74, 6) is 0.182. The van der Waals surface area contributed by atoms with Crippen molar-refractivity contribution in [2.45, 2.75) is 52.3 Å². The number of rotatable bonds is 3. The van der Waals surface area contributed by atoms with Crippen molar-refractivity contribution in [3.8, 4) is 0 Å². The minimum Gasteiger partial charge on any atom is -0.284 e. The summed E-state index contributed by atoms with van der Waals surface area (Å²) in [6.07, 6.45) is 0.0682. The molecule has 0 aliphatic heterocycles. The number of aromatic nitrogens is 2. The Kier molecular flexibility index (Phi) is 3.37. The van der Waals surface area contributed by atoms with E-state index in [1.807, 2.05) is 0 Å². The van der Waals surface area contributed by atoms with Gasteiger partial charge in [0.1, 0.15) is 0 Å². The lowest BCUT2D eigenvalue weighted by Crippen LogP contribution is -2.24. The van der Waals surface area contributed by atoms with Crippen molar-refractivity contribution in [2.75, 3.05) is 0 Å². The summed E-state index contributed by atoms with van der Waals surface area (Å²) in [6, 6.07) is 0. The quantitative estimate of drug-likeness (QED) is 0.798. The van der Waals surface area contributed by atoms with Crippen LogP contribution in [0.3, 0.4) is 0 Å². The number of nitrogens with zero attached hydrogens (tertiary/aromatic N) is 2. The Morgan fingerprint density at radius 2 is 2.00 bits per heavy atom. The lowest BCUT2D eigenvalue weighted by atomic mass is 9.89. The first-order valence-corrected chi connectivity index (χ1v) is 7.43. The first-order valence-electron chi connectivity index (χ1n) is 7.43. The summed E-state index contributed by atoms with van der Waals surface area (Å²) in [6.45, 7) is 3.68. The summed E-state index contributed by atoms with van der Waals surface area (Å²) in [4.78, 5) is 11.5. The Hall–Kier alpha value is -1.33. The highest BCUT2D eigenvalue weighted by molar-refractivity contribution is 6.02.